The predicted octanol–water partition coefficient (Wildman–Crippen LogP) is 3.18. The molecule has 2 nitrogen and oxygen atoms in total. The highest BCUT2D eigenvalue weighted by molar-refractivity contribution is 5.27. The molecule has 0 saturated carbocycles. The van der Waals surface area contributed by atoms with Crippen molar-refractivity contribution in [2.24, 2.45) is 0 Å². The minimum Gasteiger partial charge on any atom is -0.491 e. The van der Waals surface area contributed by atoms with Gasteiger partial charge < -0.3 is 9.84 Å². The normalized spacial score (nSPS) is 12.4. The van der Waals surface area contributed by atoms with Gasteiger partial charge in [-0.25, -0.2) is 0 Å². The lowest BCUT2D eigenvalue weighted by molar-refractivity contribution is 0.0993. The van der Waals surface area contributed by atoms with Crippen molar-refractivity contribution in [2.45, 2.75) is 45.6 Å². The van der Waals surface area contributed by atoms with Gasteiger partial charge in [-0.3, -0.25) is 0 Å². The Bertz CT molecular complexity index is 279. The quantitative estimate of drug-likeness (QED) is 0.767. The molecule has 1 aromatic carbocycles. The number of hydrogen-bond acceptors (Lipinski definition) is 2. The Balaban J connectivity index is 2.37. The van der Waals surface area contributed by atoms with Crippen molar-refractivity contribution in [3.63, 3.8) is 0 Å². The third kappa shape index (κ3) is 4.67. The summed E-state index contributed by atoms with van der Waals surface area (Å²) in [7, 11) is 0. The predicted molar refractivity (Wildman–Crippen MR) is 66.8 cm³/mol. The fourth-order valence-electron chi connectivity index (χ4n) is 1.65. The van der Waals surface area contributed by atoms with Crippen LogP contribution in [0.2, 0.25) is 0 Å². The number of rotatable bonds is 7. The molecule has 1 atom stereocenters. The van der Waals surface area contributed by atoms with Gasteiger partial charge in [0.25, 0.3) is 0 Å². The molecule has 0 saturated heterocycles. The van der Waals surface area contributed by atoms with Crippen LogP contribution >= 0.6 is 0 Å². The zero-order chi connectivity index (χ0) is 11.8. The van der Waals surface area contributed by atoms with E-state index in [2.05, 4.69) is 26.0 Å². The van der Waals surface area contributed by atoms with E-state index in [-0.39, 0.29) is 6.10 Å². The first-order valence-corrected chi connectivity index (χ1v) is 6.16. The summed E-state index contributed by atoms with van der Waals surface area (Å²) < 4.78 is 5.50. The molecule has 90 valence electrons. The maximum absolute atomic E-state index is 9.52. The molecule has 0 aliphatic rings. The summed E-state index contributed by atoms with van der Waals surface area (Å²) >= 11 is 0. The molecule has 1 unspecified atom stereocenters. The maximum atomic E-state index is 9.52. The van der Waals surface area contributed by atoms with Gasteiger partial charge >= 0.3 is 0 Å². The van der Waals surface area contributed by atoms with E-state index < -0.39 is 0 Å². The Morgan fingerprint density at radius 3 is 2.38 bits per heavy atom. The Hall–Kier alpha value is -1.02. The van der Waals surface area contributed by atoms with Crippen molar-refractivity contribution in [3.8, 4) is 5.75 Å². The van der Waals surface area contributed by atoms with Gasteiger partial charge in [0.05, 0.1) is 6.10 Å². The molecule has 0 heterocycles. The standard InChI is InChI=1S/C14H22O2/c1-3-5-12-7-9-14(10-8-12)16-11-13(15)6-4-2/h7-10,13,15H,3-6,11H2,1-2H3. The molecule has 2 heteroatoms. The summed E-state index contributed by atoms with van der Waals surface area (Å²) in [5.41, 5.74) is 1.34. The molecule has 0 fully saturated rings. The topological polar surface area (TPSA) is 29.5 Å². The average molecular weight is 222 g/mol. The third-order valence-corrected chi connectivity index (χ3v) is 2.53. The second-order valence-electron chi connectivity index (χ2n) is 4.15. The lowest BCUT2D eigenvalue weighted by Crippen LogP contribution is -2.16. The highest BCUT2D eigenvalue weighted by Crippen LogP contribution is 2.14. The Morgan fingerprint density at radius 2 is 1.81 bits per heavy atom. The van der Waals surface area contributed by atoms with Gasteiger partial charge in [0.2, 0.25) is 0 Å². The van der Waals surface area contributed by atoms with Crippen molar-refractivity contribution in [2.75, 3.05) is 6.61 Å². The molecule has 1 aromatic rings. The lowest BCUT2D eigenvalue weighted by atomic mass is 10.1. The SMILES string of the molecule is CCCc1ccc(OCC(O)CCC)cc1. The number of hydrogen-bond donors (Lipinski definition) is 1. The van der Waals surface area contributed by atoms with Gasteiger partial charge in [-0.15, -0.1) is 0 Å². The van der Waals surface area contributed by atoms with E-state index in [1.807, 2.05) is 12.1 Å². The minimum absolute atomic E-state index is 0.347. The Labute approximate surface area is 98.3 Å². The summed E-state index contributed by atoms with van der Waals surface area (Å²) in [4.78, 5) is 0. The van der Waals surface area contributed by atoms with Crippen LogP contribution < -0.4 is 4.74 Å². The number of aryl methyl sites for hydroxylation is 1. The molecule has 16 heavy (non-hydrogen) atoms. The lowest BCUT2D eigenvalue weighted by Gasteiger charge is -2.11. The Kier molecular flexibility index (Phi) is 5.94. The number of ether oxygens (including phenoxy) is 1. The summed E-state index contributed by atoms with van der Waals surface area (Å²) in [6.07, 6.45) is 3.71. The first kappa shape index (κ1) is 13.0. The molecule has 0 aromatic heterocycles. The van der Waals surface area contributed by atoms with Crippen molar-refractivity contribution < 1.29 is 9.84 Å². The zero-order valence-corrected chi connectivity index (χ0v) is 10.3. The summed E-state index contributed by atoms with van der Waals surface area (Å²) in [5, 5.41) is 9.52. The second kappa shape index (κ2) is 7.29. The van der Waals surface area contributed by atoms with E-state index in [9.17, 15) is 5.11 Å². The average Bonchev–Trinajstić information content (AvgIpc) is 2.29. The fraction of sp³-hybridized carbons (Fsp3) is 0.571. The molecule has 0 spiro atoms. The van der Waals surface area contributed by atoms with Crippen molar-refractivity contribution >= 4 is 0 Å². The molecule has 1 rings (SSSR count). The minimum atomic E-state index is -0.347. The van der Waals surface area contributed by atoms with Crippen LogP contribution in [0.3, 0.4) is 0 Å². The maximum Gasteiger partial charge on any atom is 0.119 e. The van der Waals surface area contributed by atoms with E-state index in [1.54, 1.807) is 0 Å². The summed E-state index contributed by atoms with van der Waals surface area (Å²) in [6.45, 7) is 4.62. The van der Waals surface area contributed by atoms with Crippen LogP contribution in [0.4, 0.5) is 0 Å². The van der Waals surface area contributed by atoms with Crippen molar-refractivity contribution in [1.82, 2.24) is 0 Å². The van der Waals surface area contributed by atoms with Crippen LogP contribution in [0, 0.1) is 0 Å². The van der Waals surface area contributed by atoms with Gasteiger partial charge in [0, 0.05) is 0 Å². The smallest absolute Gasteiger partial charge is 0.119 e. The summed E-state index contributed by atoms with van der Waals surface area (Å²) in [6, 6.07) is 8.13. The number of aliphatic hydroxyl groups is 1. The van der Waals surface area contributed by atoms with Crippen LogP contribution in [0.25, 0.3) is 0 Å². The highest BCUT2D eigenvalue weighted by atomic mass is 16.5. The molecule has 0 radical (unpaired) electrons. The van der Waals surface area contributed by atoms with Crippen molar-refractivity contribution in [1.29, 1.82) is 0 Å². The van der Waals surface area contributed by atoms with Crippen LogP contribution in [0.5, 0.6) is 5.75 Å². The van der Waals surface area contributed by atoms with Gasteiger partial charge in [-0.1, -0.05) is 38.8 Å². The molecular weight excluding hydrogens is 200 g/mol. The molecule has 1 N–H and O–H groups in total. The fourth-order valence-corrected chi connectivity index (χ4v) is 1.65. The summed E-state index contributed by atoms with van der Waals surface area (Å²) in [5.74, 6) is 0.843. The molecule has 0 amide bonds. The van der Waals surface area contributed by atoms with E-state index in [4.69, 9.17) is 4.74 Å². The monoisotopic (exact) mass is 222 g/mol. The molecule has 0 bridgehead atoms. The van der Waals surface area contributed by atoms with Crippen molar-refractivity contribution in [3.05, 3.63) is 29.8 Å². The van der Waals surface area contributed by atoms with Crippen LogP contribution in [-0.4, -0.2) is 17.8 Å². The third-order valence-electron chi connectivity index (χ3n) is 2.53. The zero-order valence-electron chi connectivity index (χ0n) is 10.3. The molecular formula is C14H22O2. The van der Waals surface area contributed by atoms with Gasteiger partial charge in [-0.2, -0.15) is 0 Å². The Morgan fingerprint density at radius 1 is 1.12 bits per heavy atom. The highest BCUT2D eigenvalue weighted by Gasteiger charge is 2.03. The number of aliphatic hydroxyl groups excluding tert-OH is 1. The van der Waals surface area contributed by atoms with Gasteiger partial charge in [0.1, 0.15) is 12.4 Å². The van der Waals surface area contributed by atoms with Crippen LogP contribution in [-0.2, 0) is 6.42 Å². The first-order chi connectivity index (χ1) is 7.76. The van der Waals surface area contributed by atoms with E-state index in [0.29, 0.717) is 6.61 Å². The van der Waals surface area contributed by atoms with E-state index in [1.165, 1.54) is 5.56 Å². The van der Waals surface area contributed by atoms with Crippen LogP contribution in [0.1, 0.15) is 38.7 Å². The van der Waals surface area contributed by atoms with Gasteiger partial charge in [-0.05, 0) is 30.5 Å². The first-order valence-electron chi connectivity index (χ1n) is 6.16. The molecule has 0 aliphatic carbocycles. The number of benzene rings is 1. The van der Waals surface area contributed by atoms with Crippen LogP contribution in [0.15, 0.2) is 24.3 Å². The largest absolute Gasteiger partial charge is 0.491 e. The van der Waals surface area contributed by atoms with E-state index >= 15 is 0 Å². The molecule has 0 aliphatic heterocycles. The van der Waals surface area contributed by atoms with Gasteiger partial charge in [0.15, 0.2) is 0 Å². The second-order valence-corrected chi connectivity index (χ2v) is 4.15. The van der Waals surface area contributed by atoms with E-state index in [0.717, 1.165) is 31.4 Å².